The molecule has 0 atom stereocenters. The number of amides is 2. The van der Waals surface area contributed by atoms with E-state index in [1.807, 2.05) is 19.1 Å². The lowest BCUT2D eigenvalue weighted by atomic mass is 10.1. The van der Waals surface area contributed by atoms with Crippen LogP contribution in [0.25, 0.3) is 0 Å². The highest BCUT2D eigenvalue weighted by molar-refractivity contribution is 5.73. The average molecular weight is 266 g/mol. The Labute approximate surface area is 112 Å². The van der Waals surface area contributed by atoms with Gasteiger partial charge in [0, 0.05) is 18.7 Å². The molecule has 0 fully saturated rings. The Bertz CT molecular complexity index is 447. The SMILES string of the molecule is C/C=C/CCNC(=O)NCc1ccc(F)c(CO)c1. The van der Waals surface area contributed by atoms with Crippen LogP contribution in [0, 0.1) is 5.82 Å². The first kappa shape index (κ1) is 15.2. The molecule has 1 rings (SSSR count). The summed E-state index contributed by atoms with van der Waals surface area (Å²) in [6.07, 6.45) is 4.68. The molecule has 0 aliphatic carbocycles. The van der Waals surface area contributed by atoms with Gasteiger partial charge in [0.25, 0.3) is 0 Å². The summed E-state index contributed by atoms with van der Waals surface area (Å²) in [4.78, 5) is 11.4. The van der Waals surface area contributed by atoms with Crippen LogP contribution in [-0.4, -0.2) is 17.7 Å². The Morgan fingerprint density at radius 1 is 1.42 bits per heavy atom. The zero-order valence-corrected chi connectivity index (χ0v) is 10.9. The van der Waals surface area contributed by atoms with E-state index >= 15 is 0 Å². The lowest BCUT2D eigenvalue weighted by molar-refractivity contribution is 0.240. The summed E-state index contributed by atoms with van der Waals surface area (Å²) in [5.41, 5.74) is 0.974. The van der Waals surface area contributed by atoms with Gasteiger partial charge in [0.05, 0.1) is 6.61 Å². The van der Waals surface area contributed by atoms with Crippen molar-refractivity contribution in [3.05, 3.63) is 47.3 Å². The third-order valence-electron chi connectivity index (χ3n) is 2.57. The van der Waals surface area contributed by atoms with Gasteiger partial charge < -0.3 is 15.7 Å². The molecule has 0 saturated heterocycles. The monoisotopic (exact) mass is 266 g/mol. The summed E-state index contributed by atoms with van der Waals surface area (Å²) in [5.74, 6) is -0.443. The summed E-state index contributed by atoms with van der Waals surface area (Å²) < 4.78 is 13.1. The Hall–Kier alpha value is -1.88. The van der Waals surface area contributed by atoms with Crippen LogP contribution in [0.3, 0.4) is 0 Å². The van der Waals surface area contributed by atoms with Crippen molar-refractivity contribution >= 4 is 6.03 Å². The highest BCUT2D eigenvalue weighted by Crippen LogP contribution is 2.10. The third kappa shape index (κ3) is 5.52. The molecule has 0 aromatic heterocycles. The van der Waals surface area contributed by atoms with Crippen LogP contribution in [0.5, 0.6) is 0 Å². The van der Waals surface area contributed by atoms with Gasteiger partial charge in [-0.2, -0.15) is 0 Å². The number of rotatable bonds is 6. The molecule has 104 valence electrons. The number of carbonyl (C=O) groups excluding carboxylic acids is 1. The van der Waals surface area contributed by atoms with E-state index in [1.165, 1.54) is 12.1 Å². The minimum Gasteiger partial charge on any atom is -0.392 e. The van der Waals surface area contributed by atoms with Gasteiger partial charge in [0.15, 0.2) is 0 Å². The van der Waals surface area contributed by atoms with Crippen molar-refractivity contribution in [3.63, 3.8) is 0 Å². The van der Waals surface area contributed by atoms with Crippen molar-refractivity contribution in [3.8, 4) is 0 Å². The van der Waals surface area contributed by atoms with Crippen molar-refractivity contribution in [2.24, 2.45) is 0 Å². The van der Waals surface area contributed by atoms with Gasteiger partial charge in [-0.3, -0.25) is 0 Å². The average Bonchev–Trinajstić information content (AvgIpc) is 2.42. The predicted molar refractivity (Wildman–Crippen MR) is 72.0 cm³/mol. The van der Waals surface area contributed by atoms with Crippen LogP contribution in [0.1, 0.15) is 24.5 Å². The summed E-state index contributed by atoms with van der Waals surface area (Å²) >= 11 is 0. The van der Waals surface area contributed by atoms with Crippen molar-refractivity contribution in [1.82, 2.24) is 10.6 Å². The van der Waals surface area contributed by atoms with Crippen LogP contribution in [0.15, 0.2) is 30.4 Å². The fourth-order valence-electron chi connectivity index (χ4n) is 1.54. The number of hydrogen-bond acceptors (Lipinski definition) is 2. The minimum absolute atomic E-state index is 0.229. The molecule has 0 radical (unpaired) electrons. The maximum Gasteiger partial charge on any atom is 0.315 e. The molecule has 5 heteroatoms. The second-order valence-corrected chi connectivity index (χ2v) is 4.05. The molecule has 0 spiro atoms. The van der Waals surface area contributed by atoms with E-state index in [9.17, 15) is 9.18 Å². The van der Waals surface area contributed by atoms with Crippen molar-refractivity contribution < 1.29 is 14.3 Å². The second-order valence-electron chi connectivity index (χ2n) is 4.05. The second kappa shape index (κ2) is 8.26. The number of nitrogens with one attached hydrogen (secondary N) is 2. The van der Waals surface area contributed by atoms with E-state index in [0.717, 1.165) is 12.0 Å². The fourth-order valence-corrected chi connectivity index (χ4v) is 1.54. The van der Waals surface area contributed by atoms with Crippen LogP contribution in [0.4, 0.5) is 9.18 Å². The molecule has 0 saturated carbocycles. The summed E-state index contributed by atoms with van der Waals surface area (Å²) in [7, 11) is 0. The van der Waals surface area contributed by atoms with Gasteiger partial charge in [-0.15, -0.1) is 0 Å². The van der Waals surface area contributed by atoms with Crippen LogP contribution >= 0.6 is 0 Å². The molecular weight excluding hydrogens is 247 g/mol. The number of halogens is 1. The zero-order chi connectivity index (χ0) is 14.1. The Morgan fingerprint density at radius 3 is 2.89 bits per heavy atom. The zero-order valence-electron chi connectivity index (χ0n) is 10.9. The van der Waals surface area contributed by atoms with E-state index < -0.39 is 5.82 Å². The standard InChI is InChI=1S/C14H19FN2O2/c1-2-3-4-7-16-14(19)17-9-11-5-6-13(15)12(8-11)10-18/h2-3,5-6,8,18H,4,7,9-10H2,1H3,(H2,16,17,19)/b3-2+. The van der Waals surface area contributed by atoms with Crippen LogP contribution < -0.4 is 10.6 Å². The van der Waals surface area contributed by atoms with Gasteiger partial charge >= 0.3 is 6.03 Å². The topological polar surface area (TPSA) is 61.4 Å². The molecule has 0 aliphatic rings. The minimum atomic E-state index is -0.443. The summed E-state index contributed by atoms with van der Waals surface area (Å²) in [6, 6.07) is 4.13. The molecular formula is C14H19FN2O2. The smallest absolute Gasteiger partial charge is 0.315 e. The molecule has 3 N–H and O–H groups in total. The molecule has 1 aromatic carbocycles. The summed E-state index contributed by atoms with van der Waals surface area (Å²) in [5, 5.41) is 14.3. The number of urea groups is 1. The van der Waals surface area contributed by atoms with E-state index in [-0.39, 0.29) is 18.2 Å². The first-order valence-corrected chi connectivity index (χ1v) is 6.18. The highest BCUT2D eigenvalue weighted by Gasteiger charge is 2.04. The molecule has 19 heavy (non-hydrogen) atoms. The fraction of sp³-hybridized carbons (Fsp3) is 0.357. The van der Waals surface area contributed by atoms with Crippen molar-refractivity contribution in [2.75, 3.05) is 6.54 Å². The quantitative estimate of drug-likeness (QED) is 0.545. The number of allylic oxidation sites excluding steroid dienone is 1. The molecule has 0 heterocycles. The molecule has 0 aliphatic heterocycles. The van der Waals surface area contributed by atoms with E-state index in [2.05, 4.69) is 10.6 Å². The normalized spacial score (nSPS) is 10.7. The molecule has 0 unspecified atom stereocenters. The predicted octanol–water partition coefficient (Wildman–Crippen LogP) is 2.08. The van der Waals surface area contributed by atoms with Crippen molar-refractivity contribution in [2.45, 2.75) is 26.5 Å². The van der Waals surface area contributed by atoms with E-state index in [4.69, 9.17) is 5.11 Å². The number of aliphatic hydroxyl groups is 1. The van der Waals surface area contributed by atoms with Gasteiger partial charge in [0.1, 0.15) is 5.82 Å². The first-order chi connectivity index (χ1) is 9.17. The molecule has 4 nitrogen and oxygen atoms in total. The Balaban J connectivity index is 2.37. The largest absolute Gasteiger partial charge is 0.392 e. The lowest BCUT2D eigenvalue weighted by Gasteiger charge is -2.08. The van der Waals surface area contributed by atoms with E-state index in [0.29, 0.717) is 13.1 Å². The maximum absolute atomic E-state index is 13.1. The number of hydrogen-bond donors (Lipinski definition) is 3. The van der Waals surface area contributed by atoms with Gasteiger partial charge in [0.2, 0.25) is 0 Å². The van der Waals surface area contributed by atoms with Crippen LogP contribution in [0.2, 0.25) is 0 Å². The highest BCUT2D eigenvalue weighted by atomic mass is 19.1. The lowest BCUT2D eigenvalue weighted by Crippen LogP contribution is -2.35. The van der Waals surface area contributed by atoms with Crippen LogP contribution in [-0.2, 0) is 13.2 Å². The number of carbonyl (C=O) groups is 1. The third-order valence-corrected chi connectivity index (χ3v) is 2.57. The van der Waals surface area contributed by atoms with E-state index in [1.54, 1.807) is 6.07 Å². The van der Waals surface area contributed by atoms with Gasteiger partial charge in [-0.1, -0.05) is 18.2 Å². The van der Waals surface area contributed by atoms with Gasteiger partial charge in [-0.25, -0.2) is 9.18 Å². The summed E-state index contributed by atoms with van der Waals surface area (Å²) in [6.45, 7) is 2.44. The Morgan fingerprint density at radius 2 is 2.21 bits per heavy atom. The maximum atomic E-state index is 13.1. The Kier molecular flexibility index (Phi) is 6.60. The molecule has 2 amide bonds. The van der Waals surface area contributed by atoms with Crippen molar-refractivity contribution in [1.29, 1.82) is 0 Å². The molecule has 0 bridgehead atoms. The van der Waals surface area contributed by atoms with Gasteiger partial charge in [-0.05, 0) is 31.0 Å². The number of aliphatic hydroxyl groups excluding tert-OH is 1. The first-order valence-electron chi connectivity index (χ1n) is 6.18. The molecule has 1 aromatic rings. The number of benzene rings is 1.